The lowest BCUT2D eigenvalue weighted by atomic mass is 9.79. The van der Waals surface area contributed by atoms with Gasteiger partial charge >= 0.3 is 0 Å². The number of aromatic nitrogens is 2. The maximum absolute atomic E-state index is 4.92. The molecule has 0 aliphatic heterocycles. The molecule has 0 N–H and O–H groups in total. The molecule has 2 heteroatoms. The van der Waals surface area contributed by atoms with Gasteiger partial charge in [0.15, 0.2) is 0 Å². The van der Waals surface area contributed by atoms with Gasteiger partial charge in [-0.25, -0.2) is 4.98 Å². The first-order valence-electron chi connectivity index (χ1n) is 15.6. The van der Waals surface area contributed by atoms with Crippen molar-refractivity contribution < 1.29 is 0 Å². The average molecular weight is 565 g/mol. The van der Waals surface area contributed by atoms with Crippen molar-refractivity contribution in [2.45, 2.75) is 32.6 Å². The quantitative estimate of drug-likeness (QED) is 0.195. The molecule has 1 aliphatic carbocycles. The fourth-order valence-electron chi connectivity index (χ4n) is 7.83. The Morgan fingerprint density at radius 1 is 0.614 bits per heavy atom. The Hall–Kier alpha value is -5.21. The summed E-state index contributed by atoms with van der Waals surface area (Å²) < 4.78 is 2.31. The van der Waals surface area contributed by atoms with Crippen LogP contribution in [0.2, 0.25) is 0 Å². The molecule has 1 heterocycles. The standard InChI is InChI=1S/C42H32N2/c1-4-39-43-37-18-9-10-19-38(37)44(39)30-13-11-12-26(23-30)27-20-21-28-24-35-36(25-29(28)22-27)42(2,3)41-34-17-8-6-15-32(34)31-14-5-7-16-33(31)40(35)41/h5-25H,4H2,1-3H3. The molecule has 0 saturated carbocycles. The summed E-state index contributed by atoms with van der Waals surface area (Å²) >= 11 is 0. The van der Waals surface area contributed by atoms with Crippen LogP contribution in [-0.4, -0.2) is 9.55 Å². The molecular formula is C42H32N2. The maximum atomic E-state index is 4.92. The molecule has 2 nitrogen and oxygen atoms in total. The van der Waals surface area contributed by atoms with Gasteiger partial charge in [-0.05, 0) is 108 Å². The minimum absolute atomic E-state index is 0.114. The Balaban J connectivity index is 1.22. The highest BCUT2D eigenvalue weighted by Crippen LogP contribution is 2.55. The molecule has 7 aromatic carbocycles. The second-order valence-electron chi connectivity index (χ2n) is 12.7. The highest BCUT2D eigenvalue weighted by molar-refractivity contribution is 6.19. The van der Waals surface area contributed by atoms with Crippen LogP contribution in [0.25, 0.3) is 71.3 Å². The summed E-state index contributed by atoms with van der Waals surface area (Å²) in [5, 5.41) is 7.94. The first-order chi connectivity index (χ1) is 21.5. The lowest BCUT2D eigenvalue weighted by Gasteiger charge is -2.24. The molecule has 0 amide bonds. The van der Waals surface area contributed by atoms with Crippen LogP contribution >= 0.6 is 0 Å². The van der Waals surface area contributed by atoms with Crippen molar-refractivity contribution in [3.63, 3.8) is 0 Å². The van der Waals surface area contributed by atoms with E-state index in [2.05, 4.69) is 153 Å². The Morgan fingerprint density at radius 2 is 1.32 bits per heavy atom. The van der Waals surface area contributed by atoms with Crippen LogP contribution in [0.1, 0.15) is 37.7 Å². The maximum Gasteiger partial charge on any atom is 0.114 e. The number of para-hydroxylation sites is 2. The van der Waals surface area contributed by atoms with E-state index >= 15 is 0 Å². The van der Waals surface area contributed by atoms with Gasteiger partial charge in [0.05, 0.1) is 11.0 Å². The van der Waals surface area contributed by atoms with E-state index in [1.54, 1.807) is 0 Å². The lowest BCUT2D eigenvalue weighted by Crippen LogP contribution is -2.15. The zero-order chi connectivity index (χ0) is 29.6. The predicted octanol–water partition coefficient (Wildman–Crippen LogP) is 11.0. The second-order valence-corrected chi connectivity index (χ2v) is 12.7. The van der Waals surface area contributed by atoms with Crippen LogP contribution in [0.5, 0.6) is 0 Å². The van der Waals surface area contributed by atoms with Crippen LogP contribution in [-0.2, 0) is 11.8 Å². The number of hydrogen-bond donors (Lipinski definition) is 0. The zero-order valence-corrected chi connectivity index (χ0v) is 25.2. The van der Waals surface area contributed by atoms with Gasteiger partial charge in [-0.2, -0.15) is 0 Å². The van der Waals surface area contributed by atoms with Gasteiger partial charge in [0.2, 0.25) is 0 Å². The van der Waals surface area contributed by atoms with E-state index in [0.29, 0.717) is 0 Å². The number of aryl methyl sites for hydroxylation is 1. The summed E-state index contributed by atoms with van der Waals surface area (Å²) in [7, 11) is 0. The van der Waals surface area contributed by atoms with E-state index in [0.717, 1.165) is 29.0 Å². The monoisotopic (exact) mass is 564 g/mol. The molecular weight excluding hydrogens is 532 g/mol. The summed E-state index contributed by atoms with van der Waals surface area (Å²) in [6.45, 7) is 6.98. The first kappa shape index (κ1) is 25.3. The Morgan fingerprint density at radius 3 is 2.14 bits per heavy atom. The van der Waals surface area contributed by atoms with Crippen molar-refractivity contribution in [2.24, 2.45) is 0 Å². The Labute approximate surface area is 257 Å². The molecule has 0 spiro atoms. The van der Waals surface area contributed by atoms with E-state index < -0.39 is 0 Å². The van der Waals surface area contributed by atoms with Crippen molar-refractivity contribution in [3.8, 4) is 27.9 Å². The molecule has 0 atom stereocenters. The molecule has 9 rings (SSSR count). The van der Waals surface area contributed by atoms with Gasteiger partial charge < -0.3 is 0 Å². The van der Waals surface area contributed by atoms with Gasteiger partial charge in [0.1, 0.15) is 5.82 Å². The Kier molecular flexibility index (Phi) is 5.26. The molecule has 0 unspecified atom stereocenters. The van der Waals surface area contributed by atoms with Crippen molar-refractivity contribution in [1.29, 1.82) is 0 Å². The number of fused-ring (bicyclic) bond motifs is 10. The van der Waals surface area contributed by atoms with Crippen molar-refractivity contribution >= 4 is 43.4 Å². The zero-order valence-electron chi connectivity index (χ0n) is 25.2. The van der Waals surface area contributed by atoms with E-state index in [-0.39, 0.29) is 5.41 Å². The topological polar surface area (TPSA) is 17.8 Å². The number of nitrogens with zero attached hydrogens (tertiary/aromatic N) is 2. The minimum Gasteiger partial charge on any atom is -0.296 e. The Bertz CT molecular complexity index is 2460. The predicted molar refractivity (Wildman–Crippen MR) is 186 cm³/mol. The van der Waals surface area contributed by atoms with Gasteiger partial charge in [-0.3, -0.25) is 4.57 Å². The van der Waals surface area contributed by atoms with Crippen LogP contribution in [0, 0.1) is 0 Å². The summed E-state index contributed by atoms with van der Waals surface area (Å²) in [5.74, 6) is 1.08. The third-order valence-electron chi connectivity index (χ3n) is 9.86. The van der Waals surface area contributed by atoms with E-state index in [9.17, 15) is 0 Å². The van der Waals surface area contributed by atoms with Crippen LogP contribution in [0.4, 0.5) is 0 Å². The van der Waals surface area contributed by atoms with E-state index in [4.69, 9.17) is 4.98 Å². The van der Waals surface area contributed by atoms with Gasteiger partial charge in [-0.15, -0.1) is 0 Å². The molecule has 44 heavy (non-hydrogen) atoms. The van der Waals surface area contributed by atoms with Crippen LogP contribution in [0.15, 0.2) is 127 Å². The lowest BCUT2D eigenvalue weighted by molar-refractivity contribution is 0.667. The van der Waals surface area contributed by atoms with Crippen LogP contribution < -0.4 is 0 Å². The third kappa shape index (κ3) is 3.45. The summed E-state index contributed by atoms with van der Waals surface area (Å²) in [6.07, 6.45) is 0.878. The molecule has 1 aliphatic rings. The van der Waals surface area contributed by atoms with Gasteiger partial charge in [-0.1, -0.05) is 106 Å². The van der Waals surface area contributed by atoms with Crippen LogP contribution in [0.3, 0.4) is 0 Å². The fraction of sp³-hybridized carbons (Fsp3) is 0.119. The molecule has 8 aromatic rings. The van der Waals surface area contributed by atoms with Crippen molar-refractivity contribution in [1.82, 2.24) is 9.55 Å². The van der Waals surface area contributed by atoms with Crippen molar-refractivity contribution in [3.05, 3.63) is 144 Å². The van der Waals surface area contributed by atoms with Gasteiger partial charge in [0, 0.05) is 17.5 Å². The van der Waals surface area contributed by atoms with Gasteiger partial charge in [0.25, 0.3) is 0 Å². The second kappa shape index (κ2) is 9.14. The molecule has 0 saturated heterocycles. The number of benzene rings is 7. The van der Waals surface area contributed by atoms with E-state index in [1.165, 1.54) is 65.7 Å². The summed E-state index contributed by atoms with van der Waals surface area (Å²) in [5.41, 5.74) is 11.3. The SMILES string of the molecule is CCc1nc2ccccc2n1-c1cccc(-c2ccc3cc4c(cc3c2)C(C)(C)c2c-4c3ccccc3c3ccccc23)c1. The summed E-state index contributed by atoms with van der Waals surface area (Å²) in [4.78, 5) is 4.92. The third-order valence-corrected chi connectivity index (χ3v) is 9.86. The van der Waals surface area contributed by atoms with E-state index in [1.807, 2.05) is 0 Å². The number of rotatable bonds is 3. The molecule has 0 fully saturated rings. The molecule has 0 bridgehead atoms. The highest BCUT2D eigenvalue weighted by atomic mass is 15.1. The number of imidazole rings is 1. The normalized spacial score (nSPS) is 13.6. The molecule has 210 valence electrons. The number of hydrogen-bond acceptors (Lipinski definition) is 1. The fourth-order valence-corrected chi connectivity index (χ4v) is 7.83. The smallest absolute Gasteiger partial charge is 0.114 e. The first-order valence-corrected chi connectivity index (χ1v) is 15.6. The minimum atomic E-state index is -0.114. The highest BCUT2D eigenvalue weighted by Gasteiger charge is 2.38. The van der Waals surface area contributed by atoms with Crippen molar-refractivity contribution in [2.75, 3.05) is 0 Å². The largest absolute Gasteiger partial charge is 0.296 e. The molecule has 0 radical (unpaired) electrons. The molecule has 1 aromatic heterocycles. The summed E-state index contributed by atoms with van der Waals surface area (Å²) in [6, 6.07) is 47.0. The average Bonchev–Trinajstić information content (AvgIpc) is 3.56.